The summed E-state index contributed by atoms with van der Waals surface area (Å²) in [6.45, 7) is 3.22. The van der Waals surface area contributed by atoms with Gasteiger partial charge in [0.15, 0.2) is 30.6 Å². The highest BCUT2D eigenvalue weighted by atomic mass is 16.7. The van der Waals surface area contributed by atoms with Crippen LogP contribution < -0.4 is 10.3 Å². The second-order valence-electron chi connectivity index (χ2n) is 7.92. The van der Waals surface area contributed by atoms with Crippen molar-refractivity contribution < 1.29 is 47.6 Å². The fraction of sp³-hybridized carbons (Fsp3) is 0.417. The van der Waals surface area contributed by atoms with Crippen LogP contribution in [0, 0.1) is 0 Å². The van der Waals surface area contributed by atoms with Gasteiger partial charge in [-0.15, -0.1) is 0 Å². The summed E-state index contributed by atoms with van der Waals surface area (Å²) in [6.07, 6.45) is -7.88. The molecule has 37 heavy (non-hydrogen) atoms. The Labute approximate surface area is 211 Å². The van der Waals surface area contributed by atoms with Gasteiger partial charge in [-0.1, -0.05) is 0 Å². The SMILES string of the molecule is COC(=O)[C@H]1O[C@@H](n2nc(-c3ccc(OC)cc3)ccc2=O)[C@H](OC(C)=O)[C@@H](OC(C)=O)[C@@H]1OC(C)=O. The summed E-state index contributed by atoms with van der Waals surface area (Å²) in [6, 6.07) is 9.46. The van der Waals surface area contributed by atoms with Crippen molar-refractivity contribution >= 4 is 23.9 Å². The van der Waals surface area contributed by atoms with E-state index in [1.54, 1.807) is 24.3 Å². The number of rotatable bonds is 7. The highest BCUT2D eigenvalue weighted by Crippen LogP contribution is 2.34. The van der Waals surface area contributed by atoms with Crippen LogP contribution >= 0.6 is 0 Å². The van der Waals surface area contributed by atoms with Crippen molar-refractivity contribution in [3.05, 3.63) is 46.8 Å². The zero-order chi connectivity index (χ0) is 27.3. The Morgan fingerprint density at radius 3 is 1.92 bits per heavy atom. The lowest BCUT2D eigenvalue weighted by Gasteiger charge is -2.43. The molecule has 13 heteroatoms. The van der Waals surface area contributed by atoms with Crippen LogP contribution in [-0.4, -0.2) is 72.3 Å². The molecule has 5 atom stereocenters. The second kappa shape index (κ2) is 11.6. The Balaban J connectivity index is 2.17. The topological polar surface area (TPSA) is 159 Å². The molecule has 2 heterocycles. The molecule has 0 spiro atoms. The summed E-state index contributed by atoms with van der Waals surface area (Å²) in [4.78, 5) is 61.4. The number of methoxy groups -OCH3 is 2. The zero-order valence-electron chi connectivity index (χ0n) is 20.7. The Kier molecular flexibility index (Phi) is 8.60. The van der Waals surface area contributed by atoms with E-state index in [2.05, 4.69) is 5.10 Å². The molecular formula is C24H26N2O11. The summed E-state index contributed by atoms with van der Waals surface area (Å²) in [5, 5.41) is 4.35. The van der Waals surface area contributed by atoms with E-state index in [1.807, 2.05) is 0 Å². The minimum atomic E-state index is -1.66. The highest BCUT2D eigenvalue weighted by molar-refractivity contribution is 5.77. The van der Waals surface area contributed by atoms with Gasteiger partial charge in [0.25, 0.3) is 5.56 Å². The van der Waals surface area contributed by atoms with Crippen LogP contribution in [0.4, 0.5) is 0 Å². The summed E-state index contributed by atoms with van der Waals surface area (Å²) >= 11 is 0. The lowest BCUT2D eigenvalue weighted by Crippen LogP contribution is -2.62. The third-order valence-electron chi connectivity index (χ3n) is 5.30. The van der Waals surface area contributed by atoms with Gasteiger partial charge in [0, 0.05) is 32.4 Å². The Hall–Kier alpha value is -4.26. The Morgan fingerprint density at radius 2 is 1.38 bits per heavy atom. The van der Waals surface area contributed by atoms with Crippen LogP contribution in [0.25, 0.3) is 11.3 Å². The van der Waals surface area contributed by atoms with Crippen LogP contribution in [0.3, 0.4) is 0 Å². The first-order chi connectivity index (χ1) is 17.5. The molecule has 0 radical (unpaired) electrons. The van der Waals surface area contributed by atoms with E-state index in [9.17, 15) is 24.0 Å². The van der Waals surface area contributed by atoms with Gasteiger partial charge in [-0.3, -0.25) is 19.2 Å². The lowest BCUT2D eigenvalue weighted by atomic mass is 9.96. The van der Waals surface area contributed by atoms with E-state index >= 15 is 0 Å². The molecule has 3 rings (SSSR count). The van der Waals surface area contributed by atoms with E-state index in [-0.39, 0.29) is 0 Å². The molecule has 0 unspecified atom stereocenters. The predicted octanol–water partition coefficient (Wildman–Crippen LogP) is 0.784. The van der Waals surface area contributed by atoms with E-state index in [4.69, 9.17) is 28.4 Å². The molecule has 1 aliphatic rings. The molecule has 2 aromatic rings. The van der Waals surface area contributed by atoms with Crippen molar-refractivity contribution in [3.63, 3.8) is 0 Å². The average Bonchev–Trinajstić information content (AvgIpc) is 2.85. The summed E-state index contributed by atoms with van der Waals surface area (Å²) in [5.74, 6) is -2.89. The second-order valence-corrected chi connectivity index (χ2v) is 7.92. The largest absolute Gasteiger partial charge is 0.497 e. The standard InChI is InChI=1S/C24H26N2O11/c1-12(27)34-19-20(35-13(2)28)22(24(31)33-5)37-23(21(19)36-14(3)29)26-18(30)11-10-17(25-26)15-6-8-16(32-4)9-7-15/h6-11,19-23H,1-5H3/t19-,20-,21+,22-,23+/m0/s1. The summed E-state index contributed by atoms with van der Waals surface area (Å²) in [5.41, 5.74) is 0.247. The molecular weight excluding hydrogens is 492 g/mol. The van der Waals surface area contributed by atoms with Crippen molar-refractivity contribution in [3.8, 4) is 17.0 Å². The fourth-order valence-corrected chi connectivity index (χ4v) is 3.82. The van der Waals surface area contributed by atoms with Crippen molar-refractivity contribution in [2.75, 3.05) is 14.2 Å². The van der Waals surface area contributed by atoms with E-state index in [1.165, 1.54) is 19.2 Å². The number of carbonyl (C=O) groups is 4. The maximum Gasteiger partial charge on any atom is 0.339 e. The van der Waals surface area contributed by atoms with Gasteiger partial charge in [0.2, 0.25) is 0 Å². The maximum atomic E-state index is 12.9. The highest BCUT2D eigenvalue weighted by Gasteiger charge is 2.55. The van der Waals surface area contributed by atoms with E-state index in [0.717, 1.165) is 32.6 Å². The van der Waals surface area contributed by atoms with Crippen molar-refractivity contribution in [1.29, 1.82) is 0 Å². The third kappa shape index (κ3) is 6.30. The number of aromatic nitrogens is 2. The lowest BCUT2D eigenvalue weighted by molar-refractivity contribution is -0.265. The van der Waals surface area contributed by atoms with Gasteiger partial charge >= 0.3 is 23.9 Å². The number of carbonyl (C=O) groups excluding carboxylic acids is 4. The van der Waals surface area contributed by atoms with Gasteiger partial charge < -0.3 is 28.4 Å². The molecule has 1 aliphatic heterocycles. The molecule has 1 fully saturated rings. The molecule has 198 valence electrons. The predicted molar refractivity (Wildman–Crippen MR) is 123 cm³/mol. The first-order valence-electron chi connectivity index (χ1n) is 11.0. The minimum Gasteiger partial charge on any atom is -0.497 e. The number of esters is 4. The number of ether oxygens (including phenoxy) is 6. The van der Waals surface area contributed by atoms with Crippen molar-refractivity contribution in [1.82, 2.24) is 9.78 Å². The normalized spacial score (nSPS) is 22.9. The average molecular weight is 518 g/mol. The summed E-state index contributed by atoms with van der Waals surface area (Å²) < 4.78 is 32.6. The quantitative estimate of drug-likeness (QED) is 0.375. The van der Waals surface area contributed by atoms with Gasteiger partial charge in [0.05, 0.1) is 19.9 Å². The monoisotopic (exact) mass is 518 g/mol. The first kappa shape index (κ1) is 27.3. The number of hydrogen-bond donors (Lipinski definition) is 0. The van der Waals surface area contributed by atoms with Crippen LogP contribution in [0.5, 0.6) is 5.75 Å². The molecule has 13 nitrogen and oxygen atoms in total. The molecule has 1 saturated heterocycles. The molecule has 1 aromatic heterocycles. The van der Waals surface area contributed by atoms with E-state index < -0.39 is 60.1 Å². The minimum absolute atomic E-state index is 0.327. The van der Waals surface area contributed by atoms with Crippen LogP contribution in [0.1, 0.15) is 27.0 Å². The summed E-state index contributed by atoms with van der Waals surface area (Å²) in [7, 11) is 2.59. The molecule has 0 aliphatic carbocycles. The Bertz CT molecular complexity index is 1220. The molecule has 0 bridgehead atoms. The van der Waals surface area contributed by atoms with Crippen molar-refractivity contribution in [2.45, 2.75) is 51.4 Å². The zero-order valence-corrected chi connectivity index (χ0v) is 20.7. The smallest absolute Gasteiger partial charge is 0.339 e. The van der Waals surface area contributed by atoms with Crippen molar-refractivity contribution in [2.24, 2.45) is 0 Å². The Morgan fingerprint density at radius 1 is 0.811 bits per heavy atom. The maximum absolute atomic E-state index is 12.9. The molecule has 0 saturated carbocycles. The van der Waals surface area contributed by atoms with Gasteiger partial charge in [-0.25, -0.2) is 4.79 Å². The van der Waals surface area contributed by atoms with Gasteiger partial charge in [-0.2, -0.15) is 9.78 Å². The van der Waals surface area contributed by atoms with E-state index in [0.29, 0.717) is 17.0 Å². The molecule has 1 aromatic carbocycles. The van der Waals surface area contributed by atoms with Crippen LogP contribution in [0.15, 0.2) is 41.2 Å². The fourth-order valence-electron chi connectivity index (χ4n) is 3.82. The first-order valence-corrected chi connectivity index (χ1v) is 11.0. The van der Waals surface area contributed by atoms with Crippen LogP contribution in [0.2, 0.25) is 0 Å². The number of nitrogens with zero attached hydrogens (tertiary/aromatic N) is 2. The number of hydrogen-bond acceptors (Lipinski definition) is 12. The van der Waals surface area contributed by atoms with Gasteiger partial charge in [-0.05, 0) is 30.3 Å². The van der Waals surface area contributed by atoms with Crippen LogP contribution in [-0.2, 0) is 42.9 Å². The number of benzene rings is 1. The van der Waals surface area contributed by atoms with Gasteiger partial charge in [0.1, 0.15) is 5.75 Å². The molecule has 0 amide bonds. The third-order valence-corrected chi connectivity index (χ3v) is 5.30. The molecule has 0 N–H and O–H groups in total.